The van der Waals surface area contributed by atoms with Crippen molar-refractivity contribution in [3.05, 3.63) is 23.2 Å². The van der Waals surface area contributed by atoms with Crippen molar-refractivity contribution < 1.29 is 19.1 Å². The fourth-order valence-corrected chi connectivity index (χ4v) is 1.47. The number of aryl methyl sites for hydroxylation is 2. The van der Waals surface area contributed by atoms with Crippen LogP contribution in [-0.2, 0) is 4.79 Å². The number of carbonyl (C=O) groups is 2. The maximum atomic E-state index is 11.9. The summed E-state index contributed by atoms with van der Waals surface area (Å²) in [5, 5.41) is 11.6. The minimum absolute atomic E-state index is 0.309. The van der Waals surface area contributed by atoms with Gasteiger partial charge in [0.1, 0.15) is 17.1 Å². The van der Waals surface area contributed by atoms with E-state index < -0.39 is 17.4 Å². The second-order valence-electron chi connectivity index (χ2n) is 4.27. The smallest absolute Gasteiger partial charge is 0.329 e. The first-order chi connectivity index (χ1) is 7.80. The van der Waals surface area contributed by atoms with Crippen molar-refractivity contribution in [1.82, 2.24) is 5.32 Å². The van der Waals surface area contributed by atoms with Gasteiger partial charge in [0.05, 0.1) is 5.56 Å². The zero-order valence-corrected chi connectivity index (χ0v) is 10.5. The van der Waals surface area contributed by atoms with Gasteiger partial charge in [-0.2, -0.15) is 0 Å². The summed E-state index contributed by atoms with van der Waals surface area (Å²) in [5.74, 6) is -0.359. The van der Waals surface area contributed by atoms with E-state index in [9.17, 15) is 9.59 Å². The Bertz CT molecular complexity index is 449. The number of hydrogen-bond acceptors (Lipinski definition) is 3. The molecule has 0 saturated heterocycles. The van der Waals surface area contributed by atoms with Crippen molar-refractivity contribution in [2.24, 2.45) is 0 Å². The van der Waals surface area contributed by atoms with E-state index in [1.807, 2.05) is 0 Å². The first kappa shape index (κ1) is 13.3. The van der Waals surface area contributed by atoms with Gasteiger partial charge in [0.2, 0.25) is 0 Å². The number of carboxylic acids is 1. The van der Waals surface area contributed by atoms with Crippen molar-refractivity contribution in [3.63, 3.8) is 0 Å². The highest BCUT2D eigenvalue weighted by atomic mass is 16.4. The van der Waals surface area contributed by atoms with Crippen LogP contribution in [0.25, 0.3) is 0 Å². The third kappa shape index (κ3) is 2.67. The van der Waals surface area contributed by atoms with E-state index in [-0.39, 0.29) is 0 Å². The summed E-state index contributed by atoms with van der Waals surface area (Å²) in [4.78, 5) is 23.0. The molecule has 0 radical (unpaired) electrons. The molecule has 5 nitrogen and oxygen atoms in total. The highest BCUT2D eigenvalue weighted by Gasteiger charge is 2.33. The monoisotopic (exact) mass is 239 g/mol. The standard InChI is InChI=1S/C12H17NO4/c1-5-12(4,11(15)16)13-10(14)9-6-7(2)17-8(9)3/h6H,5H2,1-4H3,(H,13,14)(H,15,16). The number of carbonyl (C=O) groups excluding carboxylic acids is 1. The molecule has 0 bridgehead atoms. The molecule has 0 aromatic carbocycles. The Morgan fingerprint density at radius 3 is 2.41 bits per heavy atom. The molecule has 0 aliphatic carbocycles. The number of nitrogens with one attached hydrogen (secondary N) is 1. The van der Waals surface area contributed by atoms with E-state index in [2.05, 4.69) is 5.32 Å². The van der Waals surface area contributed by atoms with Crippen molar-refractivity contribution in [2.45, 2.75) is 39.7 Å². The summed E-state index contributed by atoms with van der Waals surface area (Å²) >= 11 is 0. The molecule has 1 unspecified atom stereocenters. The van der Waals surface area contributed by atoms with Crippen molar-refractivity contribution in [3.8, 4) is 0 Å². The minimum atomic E-state index is -1.26. The van der Waals surface area contributed by atoms with Gasteiger partial charge in [-0.05, 0) is 33.3 Å². The molecule has 0 aliphatic heterocycles. The first-order valence-corrected chi connectivity index (χ1v) is 5.43. The van der Waals surface area contributed by atoms with E-state index in [1.165, 1.54) is 6.92 Å². The molecule has 5 heteroatoms. The fraction of sp³-hybridized carbons (Fsp3) is 0.500. The lowest BCUT2D eigenvalue weighted by Gasteiger charge is -2.24. The van der Waals surface area contributed by atoms with Crippen LogP contribution in [0.1, 0.15) is 42.1 Å². The van der Waals surface area contributed by atoms with Crippen molar-refractivity contribution >= 4 is 11.9 Å². The van der Waals surface area contributed by atoms with Crippen LogP contribution in [0, 0.1) is 13.8 Å². The number of amides is 1. The van der Waals surface area contributed by atoms with Gasteiger partial charge in [0, 0.05) is 0 Å². The number of carboxylic acid groups (broad SMARTS) is 1. The maximum absolute atomic E-state index is 11.9. The van der Waals surface area contributed by atoms with Gasteiger partial charge in [-0.25, -0.2) is 4.79 Å². The van der Waals surface area contributed by atoms with E-state index in [0.717, 1.165) is 0 Å². The molecule has 1 aromatic heterocycles. The van der Waals surface area contributed by atoms with Crippen LogP contribution in [-0.4, -0.2) is 22.5 Å². The van der Waals surface area contributed by atoms with E-state index in [4.69, 9.17) is 9.52 Å². The quantitative estimate of drug-likeness (QED) is 0.840. The van der Waals surface area contributed by atoms with Crippen LogP contribution in [0.15, 0.2) is 10.5 Å². The van der Waals surface area contributed by atoms with Crippen LogP contribution in [0.2, 0.25) is 0 Å². The molecule has 1 rings (SSSR count). The summed E-state index contributed by atoms with van der Waals surface area (Å²) in [6.45, 7) is 6.60. The summed E-state index contributed by atoms with van der Waals surface area (Å²) in [7, 11) is 0. The van der Waals surface area contributed by atoms with Crippen LogP contribution in [0.5, 0.6) is 0 Å². The summed E-state index contributed by atoms with van der Waals surface area (Å²) in [5.41, 5.74) is -0.877. The second-order valence-corrected chi connectivity index (χ2v) is 4.27. The molecule has 1 atom stereocenters. The molecule has 0 fully saturated rings. The predicted octanol–water partition coefficient (Wildman–Crippen LogP) is 1.88. The van der Waals surface area contributed by atoms with Crippen LogP contribution >= 0.6 is 0 Å². The molecule has 2 N–H and O–H groups in total. The third-order valence-electron chi connectivity index (χ3n) is 2.85. The Kier molecular flexibility index (Phi) is 3.60. The number of furan rings is 1. The molecule has 1 aromatic rings. The van der Waals surface area contributed by atoms with Crippen LogP contribution in [0.3, 0.4) is 0 Å². The van der Waals surface area contributed by atoms with Gasteiger partial charge < -0.3 is 14.8 Å². The average Bonchev–Trinajstić information content (AvgIpc) is 2.57. The molecule has 17 heavy (non-hydrogen) atoms. The molecular weight excluding hydrogens is 222 g/mol. The van der Waals surface area contributed by atoms with Gasteiger partial charge in [0.25, 0.3) is 5.91 Å². The lowest BCUT2D eigenvalue weighted by Crippen LogP contribution is -2.51. The summed E-state index contributed by atoms with van der Waals surface area (Å²) in [6, 6.07) is 1.60. The van der Waals surface area contributed by atoms with Crippen LogP contribution in [0.4, 0.5) is 0 Å². The Morgan fingerprint density at radius 2 is 2.06 bits per heavy atom. The van der Waals surface area contributed by atoms with E-state index >= 15 is 0 Å². The Labute approximate surface area is 99.8 Å². The van der Waals surface area contributed by atoms with E-state index in [0.29, 0.717) is 23.5 Å². The molecule has 94 valence electrons. The normalized spacial score (nSPS) is 14.1. The van der Waals surface area contributed by atoms with Crippen LogP contribution < -0.4 is 5.32 Å². The van der Waals surface area contributed by atoms with Gasteiger partial charge in [-0.3, -0.25) is 4.79 Å². The van der Waals surface area contributed by atoms with E-state index in [1.54, 1.807) is 26.8 Å². The topological polar surface area (TPSA) is 79.5 Å². The minimum Gasteiger partial charge on any atom is -0.480 e. The van der Waals surface area contributed by atoms with Gasteiger partial charge in [-0.15, -0.1) is 0 Å². The third-order valence-corrected chi connectivity index (χ3v) is 2.85. The predicted molar refractivity (Wildman–Crippen MR) is 62.0 cm³/mol. The highest BCUT2D eigenvalue weighted by Crippen LogP contribution is 2.16. The summed E-state index contributed by atoms with van der Waals surface area (Å²) < 4.78 is 5.24. The first-order valence-electron chi connectivity index (χ1n) is 5.43. The largest absolute Gasteiger partial charge is 0.480 e. The number of rotatable bonds is 4. The summed E-state index contributed by atoms with van der Waals surface area (Å²) in [6.07, 6.45) is 0.309. The molecule has 0 spiro atoms. The Hall–Kier alpha value is -1.78. The number of aliphatic carboxylic acids is 1. The zero-order chi connectivity index (χ0) is 13.2. The Balaban J connectivity index is 2.93. The van der Waals surface area contributed by atoms with Gasteiger partial charge >= 0.3 is 5.97 Å². The Morgan fingerprint density at radius 1 is 1.47 bits per heavy atom. The van der Waals surface area contributed by atoms with Crippen molar-refractivity contribution in [1.29, 1.82) is 0 Å². The lowest BCUT2D eigenvalue weighted by atomic mass is 9.98. The fourth-order valence-electron chi connectivity index (χ4n) is 1.47. The SMILES string of the molecule is CCC(C)(NC(=O)c1cc(C)oc1C)C(=O)O. The van der Waals surface area contributed by atoms with Gasteiger partial charge in [-0.1, -0.05) is 6.92 Å². The lowest BCUT2D eigenvalue weighted by molar-refractivity contribution is -0.143. The molecule has 1 heterocycles. The van der Waals surface area contributed by atoms with Crippen molar-refractivity contribution in [2.75, 3.05) is 0 Å². The highest BCUT2D eigenvalue weighted by molar-refractivity contribution is 5.98. The zero-order valence-electron chi connectivity index (χ0n) is 10.5. The molecular formula is C12H17NO4. The molecule has 0 aliphatic rings. The van der Waals surface area contributed by atoms with Gasteiger partial charge in [0.15, 0.2) is 0 Å². The maximum Gasteiger partial charge on any atom is 0.329 e. The number of hydrogen-bond donors (Lipinski definition) is 2. The second kappa shape index (κ2) is 4.61. The molecule has 0 saturated carbocycles. The average molecular weight is 239 g/mol. The molecule has 1 amide bonds.